The first-order chi connectivity index (χ1) is 9.40. The molecule has 0 atom stereocenters. The molecule has 0 radical (unpaired) electrons. The summed E-state index contributed by atoms with van der Waals surface area (Å²) in [4.78, 5) is 16.4. The summed E-state index contributed by atoms with van der Waals surface area (Å²) in [5, 5.41) is 4.70. The minimum atomic E-state index is -0.192. The molecule has 2 aromatic rings. The molecule has 1 aromatic heterocycles. The van der Waals surface area contributed by atoms with Crippen molar-refractivity contribution in [2.45, 2.75) is 20.8 Å². The number of anilines is 1. The maximum absolute atomic E-state index is 12.2. The number of amides is 1. The molecule has 20 heavy (non-hydrogen) atoms. The van der Waals surface area contributed by atoms with Crippen molar-refractivity contribution in [3.05, 3.63) is 36.0 Å². The molecule has 1 heterocycles. The minimum absolute atomic E-state index is 0.0292. The monoisotopic (exact) mass is 272 g/mol. The predicted octanol–water partition coefficient (Wildman–Crippen LogP) is 2.30. The van der Waals surface area contributed by atoms with Crippen LogP contribution in [0.3, 0.4) is 0 Å². The van der Waals surface area contributed by atoms with Gasteiger partial charge < -0.3 is 10.7 Å². The van der Waals surface area contributed by atoms with Gasteiger partial charge in [0, 0.05) is 11.9 Å². The fraction of sp³-hybridized carbons (Fsp3) is 0.333. The van der Waals surface area contributed by atoms with E-state index in [4.69, 9.17) is 5.84 Å². The van der Waals surface area contributed by atoms with Gasteiger partial charge in [-0.2, -0.15) is 0 Å². The van der Waals surface area contributed by atoms with Crippen LogP contribution in [0.15, 0.2) is 30.3 Å². The number of nitrogens with one attached hydrogen (secondary N) is 2. The number of hydrogen-bond acceptors (Lipinski definition) is 4. The number of aromatic nitrogens is 1. The highest BCUT2D eigenvalue weighted by molar-refractivity contribution is 6.00. The summed E-state index contributed by atoms with van der Waals surface area (Å²) in [6.07, 6.45) is 0. The van der Waals surface area contributed by atoms with Crippen molar-refractivity contribution in [3.63, 3.8) is 0 Å². The SMILES string of the molecule is CC(C)(C)CNC(=O)c1cc2ccccc2c(NN)n1. The molecule has 0 aliphatic carbocycles. The number of benzene rings is 1. The average Bonchev–Trinajstić information content (AvgIpc) is 2.42. The Hall–Kier alpha value is -2.14. The third kappa shape index (κ3) is 3.24. The van der Waals surface area contributed by atoms with Gasteiger partial charge >= 0.3 is 0 Å². The van der Waals surface area contributed by atoms with E-state index in [-0.39, 0.29) is 11.3 Å². The molecule has 0 fully saturated rings. The molecule has 5 nitrogen and oxygen atoms in total. The summed E-state index contributed by atoms with van der Waals surface area (Å²) >= 11 is 0. The molecule has 1 amide bonds. The molecule has 4 N–H and O–H groups in total. The number of nitrogens with two attached hydrogens (primary N) is 1. The Labute approximate surface area is 118 Å². The first-order valence-electron chi connectivity index (χ1n) is 6.55. The molecule has 0 spiro atoms. The second kappa shape index (κ2) is 5.46. The lowest BCUT2D eigenvalue weighted by molar-refractivity contribution is 0.0934. The van der Waals surface area contributed by atoms with E-state index in [1.807, 2.05) is 24.3 Å². The summed E-state index contributed by atoms with van der Waals surface area (Å²) < 4.78 is 0. The number of carbonyl (C=O) groups excluding carboxylic acids is 1. The van der Waals surface area contributed by atoms with Crippen molar-refractivity contribution in [3.8, 4) is 0 Å². The van der Waals surface area contributed by atoms with Gasteiger partial charge in [0.1, 0.15) is 11.5 Å². The molecule has 0 saturated carbocycles. The topological polar surface area (TPSA) is 80.0 Å². The van der Waals surface area contributed by atoms with Crippen LogP contribution in [0.1, 0.15) is 31.3 Å². The van der Waals surface area contributed by atoms with E-state index in [0.717, 1.165) is 10.8 Å². The van der Waals surface area contributed by atoms with Crippen LogP contribution in [-0.4, -0.2) is 17.4 Å². The van der Waals surface area contributed by atoms with E-state index in [1.165, 1.54) is 0 Å². The quantitative estimate of drug-likeness (QED) is 0.591. The summed E-state index contributed by atoms with van der Waals surface area (Å²) in [6.45, 7) is 6.78. The molecule has 0 saturated heterocycles. The van der Waals surface area contributed by atoms with Crippen molar-refractivity contribution >= 4 is 22.5 Å². The zero-order chi connectivity index (χ0) is 14.8. The Morgan fingerprint density at radius 3 is 2.65 bits per heavy atom. The van der Waals surface area contributed by atoms with E-state index in [1.54, 1.807) is 6.07 Å². The van der Waals surface area contributed by atoms with Crippen molar-refractivity contribution in [1.29, 1.82) is 0 Å². The molecule has 106 valence electrons. The predicted molar refractivity (Wildman–Crippen MR) is 81.3 cm³/mol. The summed E-state index contributed by atoms with van der Waals surface area (Å²) in [5.74, 6) is 5.80. The van der Waals surface area contributed by atoms with Gasteiger partial charge in [-0.05, 0) is 16.9 Å². The van der Waals surface area contributed by atoms with Crippen molar-refractivity contribution in [2.24, 2.45) is 11.3 Å². The summed E-state index contributed by atoms with van der Waals surface area (Å²) in [5.41, 5.74) is 2.94. The van der Waals surface area contributed by atoms with Crippen LogP contribution in [0.2, 0.25) is 0 Å². The molecular weight excluding hydrogens is 252 g/mol. The fourth-order valence-corrected chi connectivity index (χ4v) is 1.86. The van der Waals surface area contributed by atoms with Gasteiger partial charge in [0.25, 0.3) is 5.91 Å². The fourth-order valence-electron chi connectivity index (χ4n) is 1.86. The highest BCUT2D eigenvalue weighted by Gasteiger charge is 2.15. The zero-order valence-corrected chi connectivity index (χ0v) is 12.0. The largest absolute Gasteiger partial charge is 0.350 e. The molecule has 1 aromatic carbocycles. The van der Waals surface area contributed by atoms with Crippen LogP contribution in [0.5, 0.6) is 0 Å². The van der Waals surface area contributed by atoms with Crippen LogP contribution >= 0.6 is 0 Å². The first-order valence-corrected chi connectivity index (χ1v) is 6.55. The van der Waals surface area contributed by atoms with Gasteiger partial charge in [0.15, 0.2) is 0 Å². The number of nitrogens with zero attached hydrogens (tertiary/aromatic N) is 1. The van der Waals surface area contributed by atoms with Gasteiger partial charge in [-0.1, -0.05) is 45.0 Å². The van der Waals surface area contributed by atoms with Crippen molar-refractivity contribution in [1.82, 2.24) is 10.3 Å². The number of nitrogen functional groups attached to an aromatic ring is 1. The lowest BCUT2D eigenvalue weighted by Gasteiger charge is -2.18. The Morgan fingerprint density at radius 1 is 1.30 bits per heavy atom. The number of fused-ring (bicyclic) bond motifs is 1. The molecule has 0 bridgehead atoms. The number of carbonyl (C=O) groups is 1. The summed E-state index contributed by atoms with van der Waals surface area (Å²) in [6, 6.07) is 9.44. The molecule has 0 aliphatic rings. The van der Waals surface area contributed by atoms with E-state index in [2.05, 4.69) is 36.5 Å². The first kappa shape index (κ1) is 14.3. The lowest BCUT2D eigenvalue weighted by Crippen LogP contribution is -2.32. The van der Waals surface area contributed by atoms with Crippen molar-refractivity contribution < 1.29 is 4.79 Å². The van der Waals surface area contributed by atoms with E-state index in [9.17, 15) is 4.79 Å². The van der Waals surface area contributed by atoms with Crippen molar-refractivity contribution in [2.75, 3.05) is 12.0 Å². The number of rotatable bonds is 3. The molecule has 0 unspecified atom stereocenters. The van der Waals surface area contributed by atoms with E-state index in [0.29, 0.717) is 18.1 Å². The highest BCUT2D eigenvalue weighted by Crippen LogP contribution is 2.21. The van der Waals surface area contributed by atoms with Gasteiger partial charge in [0.05, 0.1) is 0 Å². The van der Waals surface area contributed by atoms with Gasteiger partial charge in [-0.3, -0.25) is 4.79 Å². The maximum atomic E-state index is 12.2. The second-order valence-corrected chi connectivity index (χ2v) is 5.96. The minimum Gasteiger partial charge on any atom is -0.350 e. The average molecular weight is 272 g/mol. The van der Waals surface area contributed by atoms with Crippen LogP contribution in [0.25, 0.3) is 10.8 Å². The Morgan fingerprint density at radius 2 is 2.00 bits per heavy atom. The third-order valence-electron chi connectivity index (χ3n) is 2.89. The van der Waals surface area contributed by atoms with Crippen LogP contribution in [0, 0.1) is 5.41 Å². The van der Waals surface area contributed by atoms with Crippen LogP contribution in [-0.2, 0) is 0 Å². The van der Waals surface area contributed by atoms with Crippen LogP contribution < -0.4 is 16.6 Å². The van der Waals surface area contributed by atoms with Crippen LogP contribution in [0.4, 0.5) is 5.82 Å². The standard InChI is InChI=1S/C15H20N4O/c1-15(2,3)9-17-14(20)12-8-10-6-4-5-7-11(10)13(18-12)19-16/h4-8H,9,16H2,1-3H3,(H,17,20)(H,18,19). The van der Waals surface area contributed by atoms with Gasteiger partial charge in [-0.15, -0.1) is 0 Å². The number of hydrogen-bond donors (Lipinski definition) is 3. The Bertz CT molecular complexity index is 631. The third-order valence-corrected chi connectivity index (χ3v) is 2.89. The molecular formula is C15H20N4O. The summed E-state index contributed by atoms with van der Waals surface area (Å²) in [7, 11) is 0. The zero-order valence-electron chi connectivity index (χ0n) is 12.0. The lowest BCUT2D eigenvalue weighted by atomic mass is 9.97. The smallest absolute Gasteiger partial charge is 0.270 e. The molecule has 5 heteroatoms. The second-order valence-electron chi connectivity index (χ2n) is 5.96. The van der Waals surface area contributed by atoms with Gasteiger partial charge in [0.2, 0.25) is 0 Å². The molecule has 2 rings (SSSR count). The molecule has 0 aliphatic heterocycles. The number of pyridine rings is 1. The normalized spacial score (nSPS) is 11.4. The maximum Gasteiger partial charge on any atom is 0.270 e. The Balaban J connectivity index is 2.33. The van der Waals surface area contributed by atoms with E-state index < -0.39 is 0 Å². The van der Waals surface area contributed by atoms with E-state index >= 15 is 0 Å². The number of hydrazine groups is 1. The Kier molecular flexibility index (Phi) is 3.90. The van der Waals surface area contributed by atoms with Gasteiger partial charge in [-0.25, -0.2) is 10.8 Å². The highest BCUT2D eigenvalue weighted by atomic mass is 16.1.